The van der Waals surface area contributed by atoms with Crippen LogP contribution in [0.2, 0.25) is 0 Å². The first-order valence-electron chi connectivity index (χ1n) is 13.3. The number of hydrogen-bond acceptors (Lipinski definition) is 5. The summed E-state index contributed by atoms with van der Waals surface area (Å²) in [6.45, 7) is 9.57. The van der Waals surface area contributed by atoms with Gasteiger partial charge in [-0.25, -0.2) is 22.8 Å². The number of carbonyl (C=O) groups is 1. The fraction of sp³-hybridized carbons (Fsp3) is 0.552. The van der Waals surface area contributed by atoms with E-state index in [4.69, 9.17) is 4.98 Å². The number of aliphatic hydroxyl groups excluding tert-OH is 1. The first kappa shape index (κ1) is 29.0. The topological polar surface area (TPSA) is 83.3 Å². The third-order valence-corrected chi connectivity index (χ3v) is 7.50. The largest absolute Gasteiger partial charge is 0.384 e. The van der Waals surface area contributed by atoms with Crippen molar-refractivity contribution in [3.8, 4) is 0 Å². The average molecular weight is 546 g/mol. The standard InChI is InChI=1S/C29H38F3N5O2/c1-18(38)26(39)36(17-20-14-33-15-22(20)31)24(28(2,3)4)25-34-27(29(5)13-21(30)11-12-23(29)32)35-37(25)16-19-9-7-6-8-10-19/h6-13,18,20,22-24,33,38H,14-17H2,1-5H3. The number of halogens is 3. The number of allylic oxidation sites excluding steroid dienone is 4. The van der Waals surface area contributed by atoms with Gasteiger partial charge in [0.05, 0.1) is 18.0 Å². The van der Waals surface area contributed by atoms with Crippen molar-refractivity contribution in [3.63, 3.8) is 0 Å². The molecule has 0 radical (unpaired) electrons. The Labute approximate surface area is 227 Å². The molecular formula is C29H38F3N5O2. The molecule has 1 aliphatic heterocycles. The fourth-order valence-electron chi connectivity index (χ4n) is 5.33. The van der Waals surface area contributed by atoms with Crippen LogP contribution in [0.1, 0.15) is 57.9 Å². The first-order valence-corrected chi connectivity index (χ1v) is 13.3. The van der Waals surface area contributed by atoms with Crippen molar-refractivity contribution in [1.29, 1.82) is 0 Å². The molecule has 0 saturated carbocycles. The quantitative estimate of drug-likeness (QED) is 0.520. The summed E-state index contributed by atoms with van der Waals surface area (Å²) in [5.74, 6) is -1.20. The lowest BCUT2D eigenvalue weighted by Crippen LogP contribution is -2.49. The lowest BCUT2D eigenvalue weighted by Gasteiger charge is -2.41. The molecule has 39 heavy (non-hydrogen) atoms. The number of benzene rings is 1. The summed E-state index contributed by atoms with van der Waals surface area (Å²) in [4.78, 5) is 19.8. The van der Waals surface area contributed by atoms with E-state index in [0.29, 0.717) is 12.4 Å². The van der Waals surface area contributed by atoms with Gasteiger partial charge in [0.15, 0.2) is 11.6 Å². The summed E-state index contributed by atoms with van der Waals surface area (Å²) >= 11 is 0. The van der Waals surface area contributed by atoms with Crippen molar-refractivity contribution in [2.75, 3.05) is 19.6 Å². The van der Waals surface area contributed by atoms with Crippen molar-refractivity contribution < 1.29 is 23.1 Å². The van der Waals surface area contributed by atoms with Gasteiger partial charge in [-0.2, -0.15) is 5.10 Å². The Kier molecular flexibility index (Phi) is 8.37. The van der Waals surface area contributed by atoms with Crippen molar-refractivity contribution in [1.82, 2.24) is 25.0 Å². The molecule has 2 aliphatic rings. The molecule has 0 bridgehead atoms. The maximum atomic E-state index is 15.3. The summed E-state index contributed by atoms with van der Waals surface area (Å²) in [6, 6.07) is 8.72. The fourth-order valence-corrected chi connectivity index (χ4v) is 5.33. The van der Waals surface area contributed by atoms with Gasteiger partial charge in [0.1, 0.15) is 24.3 Å². The van der Waals surface area contributed by atoms with E-state index in [0.717, 1.165) is 17.7 Å². The zero-order valence-electron chi connectivity index (χ0n) is 23.1. The zero-order chi connectivity index (χ0) is 28.5. The van der Waals surface area contributed by atoms with Crippen molar-refractivity contribution in [2.45, 2.75) is 71.1 Å². The van der Waals surface area contributed by atoms with E-state index in [9.17, 15) is 18.7 Å². The Morgan fingerprint density at radius 1 is 1.26 bits per heavy atom. The van der Waals surface area contributed by atoms with Crippen molar-refractivity contribution >= 4 is 5.91 Å². The van der Waals surface area contributed by atoms with Gasteiger partial charge in [0, 0.05) is 25.6 Å². The van der Waals surface area contributed by atoms with E-state index < -0.39 is 53.0 Å². The van der Waals surface area contributed by atoms with E-state index in [1.807, 2.05) is 51.1 Å². The second kappa shape index (κ2) is 11.3. The van der Waals surface area contributed by atoms with E-state index in [1.54, 1.807) is 4.68 Å². The highest BCUT2D eigenvalue weighted by atomic mass is 19.1. The monoisotopic (exact) mass is 545 g/mol. The van der Waals surface area contributed by atoms with E-state index in [2.05, 4.69) is 10.4 Å². The first-order chi connectivity index (χ1) is 18.3. The summed E-state index contributed by atoms with van der Waals surface area (Å²) in [7, 11) is 0. The number of nitrogens with zero attached hydrogens (tertiary/aromatic N) is 4. The molecule has 1 aromatic carbocycles. The third kappa shape index (κ3) is 6.11. The van der Waals surface area contributed by atoms with Crippen LogP contribution < -0.4 is 5.32 Å². The van der Waals surface area contributed by atoms with Crippen LogP contribution >= 0.6 is 0 Å². The lowest BCUT2D eigenvalue weighted by molar-refractivity contribution is -0.146. The van der Waals surface area contributed by atoms with Gasteiger partial charge in [-0.05, 0) is 43.1 Å². The van der Waals surface area contributed by atoms with Gasteiger partial charge in [-0.1, -0.05) is 51.1 Å². The minimum Gasteiger partial charge on any atom is -0.384 e. The molecule has 1 amide bonds. The van der Waals surface area contributed by atoms with E-state index >= 15 is 4.39 Å². The van der Waals surface area contributed by atoms with Crippen LogP contribution in [0.3, 0.4) is 0 Å². The van der Waals surface area contributed by atoms with Gasteiger partial charge < -0.3 is 15.3 Å². The highest BCUT2D eigenvalue weighted by Gasteiger charge is 2.45. The van der Waals surface area contributed by atoms with E-state index in [-0.39, 0.29) is 25.5 Å². The predicted molar refractivity (Wildman–Crippen MR) is 143 cm³/mol. The number of rotatable bonds is 8. The highest BCUT2D eigenvalue weighted by Crippen LogP contribution is 2.41. The van der Waals surface area contributed by atoms with Crippen LogP contribution in [0.25, 0.3) is 0 Å². The Morgan fingerprint density at radius 3 is 2.54 bits per heavy atom. The van der Waals surface area contributed by atoms with Gasteiger partial charge in [0.25, 0.3) is 5.91 Å². The molecule has 1 aromatic heterocycles. The molecule has 4 rings (SSSR count). The molecule has 2 aromatic rings. The second-order valence-electron chi connectivity index (χ2n) is 11.9. The zero-order valence-corrected chi connectivity index (χ0v) is 23.1. The Balaban J connectivity index is 1.88. The maximum absolute atomic E-state index is 15.3. The van der Waals surface area contributed by atoms with E-state index in [1.165, 1.54) is 24.8 Å². The summed E-state index contributed by atoms with van der Waals surface area (Å²) in [5, 5.41) is 18.1. The Morgan fingerprint density at radius 2 is 1.95 bits per heavy atom. The molecule has 6 unspecified atom stereocenters. The van der Waals surface area contributed by atoms with Gasteiger partial charge >= 0.3 is 0 Å². The minimum absolute atomic E-state index is 0.0492. The summed E-state index contributed by atoms with van der Waals surface area (Å²) in [6.07, 6.45) is -0.657. The summed E-state index contributed by atoms with van der Waals surface area (Å²) < 4.78 is 46.0. The average Bonchev–Trinajstić information content (AvgIpc) is 3.47. The highest BCUT2D eigenvalue weighted by molar-refractivity contribution is 5.80. The molecule has 6 atom stereocenters. The van der Waals surface area contributed by atoms with Crippen molar-refractivity contribution in [2.24, 2.45) is 11.3 Å². The molecule has 1 aliphatic carbocycles. The molecule has 1 fully saturated rings. The van der Waals surface area contributed by atoms with Gasteiger partial charge in [-0.3, -0.25) is 4.79 Å². The van der Waals surface area contributed by atoms with Crippen LogP contribution in [0.5, 0.6) is 0 Å². The SMILES string of the molecule is CC(O)C(=O)N(CC1CNCC1F)C(c1nc(C2(C)C=C(F)C=CC2F)nn1Cc1ccccc1)C(C)(C)C. The van der Waals surface area contributed by atoms with Gasteiger partial charge in [-0.15, -0.1) is 0 Å². The lowest BCUT2D eigenvalue weighted by atomic mass is 9.80. The van der Waals surface area contributed by atoms with Crippen LogP contribution in [0, 0.1) is 11.3 Å². The smallest absolute Gasteiger partial charge is 0.251 e. The van der Waals surface area contributed by atoms with Crippen LogP contribution in [-0.2, 0) is 16.8 Å². The van der Waals surface area contributed by atoms with Crippen LogP contribution in [0.15, 0.2) is 54.4 Å². The number of amides is 1. The normalized spacial score (nSPS) is 26.8. The molecule has 7 nitrogen and oxygen atoms in total. The number of alkyl halides is 2. The number of carbonyl (C=O) groups excluding carboxylic acids is 1. The van der Waals surface area contributed by atoms with Crippen molar-refractivity contribution in [3.05, 3.63) is 71.6 Å². The molecule has 1 saturated heterocycles. The molecule has 0 spiro atoms. The number of hydrogen-bond donors (Lipinski definition) is 2. The number of aromatic nitrogens is 3. The number of aliphatic hydroxyl groups is 1. The number of nitrogens with one attached hydrogen (secondary N) is 1. The van der Waals surface area contributed by atoms with Gasteiger partial charge in [0.2, 0.25) is 0 Å². The minimum atomic E-state index is -1.57. The molecule has 212 valence electrons. The Bertz CT molecular complexity index is 1220. The van der Waals surface area contributed by atoms with Crippen LogP contribution in [0.4, 0.5) is 13.2 Å². The van der Waals surface area contributed by atoms with Crippen LogP contribution in [-0.4, -0.2) is 68.8 Å². The maximum Gasteiger partial charge on any atom is 0.251 e. The molecule has 2 N–H and O–H groups in total. The third-order valence-electron chi connectivity index (χ3n) is 7.50. The predicted octanol–water partition coefficient (Wildman–Crippen LogP) is 4.20. The molecule has 2 heterocycles. The second-order valence-corrected chi connectivity index (χ2v) is 11.9. The molecule has 10 heteroatoms. The summed E-state index contributed by atoms with van der Waals surface area (Å²) in [5.41, 5.74) is -1.23. The Hall–Kier alpha value is -2.98. The molecular weight excluding hydrogens is 507 g/mol.